The van der Waals surface area contributed by atoms with Gasteiger partial charge in [-0.15, -0.1) is 10.2 Å². The van der Waals surface area contributed by atoms with E-state index in [0.717, 1.165) is 11.2 Å². The fraction of sp³-hybridized carbons (Fsp3) is 0.346. The molecule has 4 aromatic rings. The number of carbonyl (C=O) groups excluding carboxylic acids is 2. The maximum absolute atomic E-state index is 13.6. The smallest absolute Gasteiger partial charge is 0.250 e. The Morgan fingerprint density at radius 3 is 2.57 bits per heavy atom. The van der Waals surface area contributed by atoms with Crippen molar-refractivity contribution in [3.05, 3.63) is 77.9 Å². The van der Waals surface area contributed by atoms with E-state index >= 15 is 0 Å². The molecule has 0 aliphatic carbocycles. The Morgan fingerprint density at radius 1 is 1.14 bits per heavy atom. The van der Waals surface area contributed by atoms with Crippen LogP contribution in [-0.4, -0.2) is 43.5 Å². The zero-order valence-corrected chi connectivity index (χ0v) is 20.9. The molecule has 0 spiro atoms. The summed E-state index contributed by atoms with van der Waals surface area (Å²) in [5.74, 6) is 0.890. The Kier molecular flexibility index (Phi) is 8.11. The lowest BCUT2D eigenvalue weighted by Crippen LogP contribution is -2.45. The van der Waals surface area contributed by atoms with E-state index in [2.05, 4.69) is 34.6 Å². The number of carbonyl (C=O) groups is 2. The number of aromatic nitrogens is 4. The second kappa shape index (κ2) is 11.6. The second-order valence-electron chi connectivity index (χ2n) is 9.08. The highest BCUT2D eigenvalue weighted by Crippen LogP contribution is 2.26. The minimum Gasteiger partial charge on any atom is -0.467 e. The first-order valence-corrected chi connectivity index (χ1v) is 12.0. The van der Waals surface area contributed by atoms with Gasteiger partial charge in [0.25, 0.3) is 5.91 Å². The maximum Gasteiger partial charge on any atom is 0.250 e. The third kappa shape index (κ3) is 6.69. The van der Waals surface area contributed by atoms with Gasteiger partial charge in [-0.25, -0.2) is 4.39 Å². The summed E-state index contributed by atoms with van der Waals surface area (Å²) in [6, 6.07) is 11.5. The van der Waals surface area contributed by atoms with Gasteiger partial charge in [-0.3, -0.25) is 9.59 Å². The van der Waals surface area contributed by atoms with Crippen LogP contribution in [0.25, 0.3) is 11.4 Å². The van der Waals surface area contributed by atoms with Crippen LogP contribution in [0, 0.1) is 18.7 Å². The molecule has 1 atom stereocenters. The molecular formula is C26H29FN6O4. The van der Waals surface area contributed by atoms with Gasteiger partial charge in [0.15, 0.2) is 6.04 Å². The molecule has 11 heteroatoms. The lowest BCUT2D eigenvalue weighted by atomic mass is 10.1. The zero-order valence-electron chi connectivity index (χ0n) is 20.9. The third-order valence-electron chi connectivity index (χ3n) is 5.67. The van der Waals surface area contributed by atoms with Crippen LogP contribution in [0.2, 0.25) is 0 Å². The average Bonchev–Trinajstić information content (AvgIpc) is 3.62. The number of hydrogen-bond donors (Lipinski definition) is 1. The lowest BCUT2D eigenvalue weighted by Gasteiger charge is -2.29. The van der Waals surface area contributed by atoms with Gasteiger partial charge in [0.1, 0.15) is 29.6 Å². The molecule has 4 rings (SSSR count). The number of nitrogens with zero attached hydrogens (tertiary/aromatic N) is 5. The van der Waals surface area contributed by atoms with Crippen molar-refractivity contribution < 1.29 is 22.8 Å². The number of halogens is 1. The summed E-state index contributed by atoms with van der Waals surface area (Å²) in [6.07, 6.45) is 2.29. The predicted molar refractivity (Wildman–Crippen MR) is 131 cm³/mol. The molecular weight excluding hydrogens is 479 g/mol. The summed E-state index contributed by atoms with van der Waals surface area (Å²) in [7, 11) is 0. The van der Waals surface area contributed by atoms with E-state index in [1.54, 1.807) is 31.2 Å². The summed E-state index contributed by atoms with van der Waals surface area (Å²) >= 11 is 0. The highest BCUT2D eigenvalue weighted by atomic mass is 19.1. The largest absolute Gasteiger partial charge is 0.467 e. The molecule has 0 aliphatic rings. The normalized spacial score (nSPS) is 12.0. The molecule has 37 heavy (non-hydrogen) atoms. The van der Waals surface area contributed by atoms with Gasteiger partial charge in [0.05, 0.1) is 12.8 Å². The van der Waals surface area contributed by atoms with E-state index in [0.29, 0.717) is 35.3 Å². The lowest BCUT2D eigenvalue weighted by molar-refractivity contribution is -0.143. The summed E-state index contributed by atoms with van der Waals surface area (Å²) in [4.78, 5) is 29.5. The first kappa shape index (κ1) is 25.8. The molecule has 3 heterocycles. The minimum atomic E-state index is -1.04. The van der Waals surface area contributed by atoms with Crippen LogP contribution in [0.15, 0.2) is 63.6 Å². The Morgan fingerprint density at radius 2 is 1.92 bits per heavy atom. The summed E-state index contributed by atoms with van der Waals surface area (Å²) in [5, 5.41) is 15.1. The van der Waals surface area contributed by atoms with E-state index in [9.17, 15) is 14.0 Å². The Labute approximate surface area is 213 Å². The van der Waals surface area contributed by atoms with Gasteiger partial charge in [-0.2, -0.15) is 4.80 Å². The number of benzene rings is 1. The van der Waals surface area contributed by atoms with Crippen LogP contribution in [-0.2, 0) is 22.7 Å². The molecule has 0 aliphatic heterocycles. The first-order valence-electron chi connectivity index (χ1n) is 12.0. The van der Waals surface area contributed by atoms with Crippen LogP contribution >= 0.6 is 0 Å². The topological polar surface area (TPSA) is 119 Å². The molecule has 3 aromatic heterocycles. The summed E-state index contributed by atoms with van der Waals surface area (Å²) in [5.41, 5.74) is 0.556. The number of hydrogen-bond acceptors (Lipinski definition) is 7. The standard InChI is InChI=1S/C26H29FN6O4/c1-17(2)12-13-28-26(35)24(22-11-6-18(3)37-22)32(15-21-5-4-14-36-21)23(34)16-33-30-25(29-31-33)19-7-9-20(27)10-8-19/h4-11,14,17,24H,12-13,15-16H2,1-3H3,(H,28,35)/t24-/m1/s1. The quantitative estimate of drug-likeness (QED) is 0.326. The molecule has 0 bridgehead atoms. The highest BCUT2D eigenvalue weighted by Gasteiger charge is 2.35. The van der Waals surface area contributed by atoms with E-state index in [1.807, 2.05) is 0 Å². The molecule has 10 nitrogen and oxygen atoms in total. The number of tetrazole rings is 1. The first-order chi connectivity index (χ1) is 17.8. The summed E-state index contributed by atoms with van der Waals surface area (Å²) in [6.45, 7) is 6.10. The van der Waals surface area contributed by atoms with Gasteiger partial charge in [-0.05, 0) is 73.0 Å². The molecule has 1 aromatic carbocycles. The number of aryl methyl sites for hydroxylation is 1. The molecule has 0 saturated heterocycles. The Balaban J connectivity index is 1.60. The van der Waals surface area contributed by atoms with Crippen molar-refractivity contribution in [1.29, 1.82) is 0 Å². The minimum absolute atomic E-state index is 0.0212. The van der Waals surface area contributed by atoms with Gasteiger partial charge in [0, 0.05) is 12.1 Å². The van der Waals surface area contributed by atoms with Crippen molar-refractivity contribution in [2.45, 2.75) is 46.3 Å². The van der Waals surface area contributed by atoms with Gasteiger partial charge in [-0.1, -0.05) is 13.8 Å². The summed E-state index contributed by atoms with van der Waals surface area (Å²) < 4.78 is 24.5. The molecule has 194 valence electrons. The Bertz CT molecular complexity index is 1310. The van der Waals surface area contributed by atoms with E-state index in [-0.39, 0.29) is 30.6 Å². The number of rotatable bonds is 11. The van der Waals surface area contributed by atoms with Crippen LogP contribution in [0.5, 0.6) is 0 Å². The number of amides is 2. The monoisotopic (exact) mass is 508 g/mol. The average molecular weight is 509 g/mol. The Hall–Kier alpha value is -4.28. The van der Waals surface area contributed by atoms with Crippen LogP contribution in [0.4, 0.5) is 4.39 Å². The second-order valence-corrected chi connectivity index (χ2v) is 9.08. The van der Waals surface area contributed by atoms with Gasteiger partial charge in [0.2, 0.25) is 11.7 Å². The number of furan rings is 2. The van der Waals surface area contributed by atoms with Crippen LogP contribution in [0.3, 0.4) is 0 Å². The predicted octanol–water partition coefficient (Wildman–Crippen LogP) is 3.91. The fourth-order valence-electron chi connectivity index (χ4n) is 3.74. The van der Waals surface area contributed by atoms with Crippen molar-refractivity contribution in [1.82, 2.24) is 30.4 Å². The molecule has 0 saturated carbocycles. The molecule has 1 N–H and O–H groups in total. The fourth-order valence-corrected chi connectivity index (χ4v) is 3.74. The van der Waals surface area contributed by atoms with Crippen molar-refractivity contribution in [3.63, 3.8) is 0 Å². The molecule has 0 radical (unpaired) electrons. The molecule has 0 fully saturated rings. The van der Waals surface area contributed by atoms with Crippen LogP contribution in [0.1, 0.15) is 43.6 Å². The third-order valence-corrected chi connectivity index (χ3v) is 5.67. The van der Waals surface area contributed by atoms with Crippen LogP contribution < -0.4 is 5.32 Å². The molecule has 0 unspecified atom stereocenters. The molecule has 2 amide bonds. The highest BCUT2D eigenvalue weighted by molar-refractivity contribution is 5.88. The van der Waals surface area contributed by atoms with Gasteiger partial charge < -0.3 is 19.1 Å². The van der Waals surface area contributed by atoms with Gasteiger partial charge >= 0.3 is 0 Å². The van der Waals surface area contributed by atoms with E-state index in [1.165, 1.54) is 35.4 Å². The SMILES string of the molecule is Cc1ccc([C@H](C(=O)NCCC(C)C)N(Cc2ccco2)C(=O)Cn2nnc(-c3ccc(F)cc3)n2)o1. The number of nitrogens with one attached hydrogen (secondary N) is 1. The van der Waals surface area contributed by atoms with Crippen molar-refractivity contribution in [2.24, 2.45) is 5.92 Å². The van der Waals surface area contributed by atoms with Crippen molar-refractivity contribution in [2.75, 3.05) is 6.54 Å². The van der Waals surface area contributed by atoms with Crippen molar-refractivity contribution in [3.8, 4) is 11.4 Å². The van der Waals surface area contributed by atoms with E-state index in [4.69, 9.17) is 8.83 Å². The zero-order chi connectivity index (χ0) is 26.4. The van der Waals surface area contributed by atoms with E-state index < -0.39 is 11.9 Å². The maximum atomic E-state index is 13.6. The van der Waals surface area contributed by atoms with Crippen molar-refractivity contribution >= 4 is 11.8 Å².